The van der Waals surface area contributed by atoms with E-state index in [-0.39, 0.29) is 5.96 Å². The molecule has 0 fully saturated rings. The van der Waals surface area contributed by atoms with E-state index in [0.29, 0.717) is 5.82 Å². The number of nitro groups is 1. The van der Waals surface area contributed by atoms with Gasteiger partial charge in [-0.3, -0.25) is 20.4 Å². The van der Waals surface area contributed by atoms with E-state index in [1.54, 1.807) is 43.3 Å². The molecule has 0 unspecified atom stereocenters. The van der Waals surface area contributed by atoms with Crippen molar-refractivity contribution in [2.75, 3.05) is 21.1 Å². The molecular formula is C8H13N5O2. The van der Waals surface area contributed by atoms with E-state index in [2.05, 4.69) is 0 Å². The quantitative estimate of drug-likeness (QED) is 0.292. The Bertz CT molecular complexity index is 347. The molecule has 0 saturated carbocycles. The van der Waals surface area contributed by atoms with Crippen molar-refractivity contribution >= 4 is 5.96 Å². The molecule has 0 amide bonds. The molecule has 0 radical (unpaired) electrons. The minimum absolute atomic E-state index is 0.170. The van der Waals surface area contributed by atoms with Crippen molar-refractivity contribution in [2.24, 2.45) is 0 Å². The van der Waals surface area contributed by atoms with Gasteiger partial charge in [-0.05, 0) is 0 Å². The molecule has 7 nitrogen and oxygen atoms in total. The van der Waals surface area contributed by atoms with Crippen molar-refractivity contribution in [3.05, 3.63) is 34.5 Å². The van der Waals surface area contributed by atoms with E-state index in [1.165, 1.54) is 4.90 Å². The first-order chi connectivity index (χ1) is 6.93. The molecule has 1 aliphatic heterocycles. The fourth-order valence-corrected chi connectivity index (χ4v) is 1.13. The highest BCUT2D eigenvalue weighted by Gasteiger charge is 2.24. The summed E-state index contributed by atoms with van der Waals surface area (Å²) < 4.78 is 0. The van der Waals surface area contributed by atoms with Gasteiger partial charge in [-0.1, -0.05) is 0 Å². The summed E-state index contributed by atoms with van der Waals surface area (Å²) in [6.07, 6.45) is 4.14. The third-order valence-electron chi connectivity index (χ3n) is 1.92. The summed E-state index contributed by atoms with van der Waals surface area (Å²) in [4.78, 5) is 14.5. The van der Waals surface area contributed by atoms with Gasteiger partial charge in [0.1, 0.15) is 0 Å². The van der Waals surface area contributed by atoms with Gasteiger partial charge in [0.2, 0.25) is 5.96 Å². The van der Waals surface area contributed by atoms with Crippen LogP contribution in [0.25, 0.3) is 0 Å². The lowest BCUT2D eigenvalue weighted by atomic mass is 10.6. The second-order valence-electron chi connectivity index (χ2n) is 3.27. The SMILES string of the molecule is CN(C)C(=N)N1C=CN(C)/C1=C\[N+](=O)[O-]. The van der Waals surface area contributed by atoms with Crippen molar-refractivity contribution < 1.29 is 4.92 Å². The third kappa shape index (κ3) is 2.25. The van der Waals surface area contributed by atoms with Crippen LogP contribution in [0.3, 0.4) is 0 Å². The molecule has 1 heterocycles. The van der Waals surface area contributed by atoms with E-state index in [4.69, 9.17) is 5.41 Å². The average Bonchev–Trinajstić information content (AvgIpc) is 2.46. The second kappa shape index (κ2) is 3.99. The van der Waals surface area contributed by atoms with Gasteiger partial charge in [0.05, 0.1) is 4.92 Å². The number of guanidine groups is 1. The normalized spacial score (nSPS) is 17.4. The van der Waals surface area contributed by atoms with Gasteiger partial charge in [0, 0.05) is 33.5 Å². The molecule has 1 aliphatic rings. The first-order valence-electron chi connectivity index (χ1n) is 4.25. The number of nitrogens with zero attached hydrogens (tertiary/aromatic N) is 4. The Kier molecular flexibility index (Phi) is 2.93. The largest absolute Gasteiger partial charge is 0.349 e. The van der Waals surface area contributed by atoms with Crippen LogP contribution in [0.2, 0.25) is 0 Å². The van der Waals surface area contributed by atoms with Gasteiger partial charge in [-0.2, -0.15) is 0 Å². The summed E-state index contributed by atoms with van der Waals surface area (Å²) in [5.74, 6) is 0.516. The van der Waals surface area contributed by atoms with Crippen LogP contribution in [-0.2, 0) is 0 Å². The Balaban J connectivity index is 2.95. The Morgan fingerprint density at radius 1 is 1.60 bits per heavy atom. The van der Waals surface area contributed by atoms with Crippen LogP contribution in [0.15, 0.2) is 24.4 Å². The minimum Gasteiger partial charge on any atom is -0.349 e. The van der Waals surface area contributed by atoms with Crippen LogP contribution < -0.4 is 0 Å². The summed E-state index contributed by atoms with van der Waals surface area (Å²) in [6.45, 7) is 0. The van der Waals surface area contributed by atoms with Gasteiger partial charge in [-0.25, -0.2) is 0 Å². The molecule has 0 aliphatic carbocycles. The molecule has 0 saturated heterocycles. The van der Waals surface area contributed by atoms with Crippen molar-refractivity contribution in [3.63, 3.8) is 0 Å². The summed E-state index contributed by atoms with van der Waals surface area (Å²) in [5, 5.41) is 18.1. The van der Waals surface area contributed by atoms with Gasteiger partial charge < -0.3 is 9.80 Å². The fourth-order valence-electron chi connectivity index (χ4n) is 1.13. The van der Waals surface area contributed by atoms with Crippen molar-refractivity contribution in [1.29, 1.82) is 5.41 Å². The van der Waals surface area contributed by atoms with Gasteiger partial charge in [0.15, 0.2) is 5.82 Å². The zero-order chi connectivity index (χ0) is 11.6. The van der Waals surface area contributed by atoms with Crippen LogP contribution in [0.5, 0.6) is 0 Å². The maximum absolute atomic E-state index is 10.4. The van der Waals surface area contributed by atoms with Gasteiger partial charge >= 0.3 is 0 Å². The first kappa shape index (κ1) is 11.0. The van der Waals surface area contributed by atoms with Crippen molar-refractivity contribution in [1.82, 2.24) is 14.7 Å². The molecule has 7 heteroatoms. The van der Waals surface area contributed by atoms with E-state index in [0.717, 1.165) is 6.20 Å². The number of hydrogen-bond donors (Lipinski definition) is 1. The third-order valence-corrected chi connectivity index (χ3v) is 1.92. The Morgan fingerprint density at radius 3 is 2.67 bits per heavy atom. The van der Waals surface area contributed by atoms with Crippen molar-refractivity contribution in [2.45, 2.75) is 0 Å². The molecule has 0 aromatic rings. The summed E-state index contributed by atoms with van der Waals surface area (Å²) in [6, 6.07) is 0. The Morgan fingerprint density at radius 2 is 2.20 bits per heavy atom. The minimum atomic E-state index is -0.533. The molecule has 0 aromatic heterocycles. The zero-order valence-electron chi connectivity index (χ0n) is 8.84. The van der Waals surface area contributed by atoms with E-state index >= 15 is 0 Å². The molecule has 1 rings (SSSR count). The smallest absolute Gasteiger partial charge is 0.275 e. The van der Waals surface area contributed by atoms with Crippen LogP contribution in [0, 0.1) is 15.5 Å². The van der Waals surface area contributed by atoms with E-state index in [9.17, 15) is 10.1 Å². The maximum Gasteiger partial charge on any atom is 0.275 e. The molecule has 0 bridgehead atoms. The molecule has 15 heavy (non-hydrogen) atoms. The summed E-state index contributed by atoms with van der Waals surface area (Å²) >= 11 is 0. The fraction of sp³-hybridized carbons (Fsp3) is 0.375. The number of hydrogen-bond acceptors (Lipinski definition) is 4. The van der Waals surface area contributed by atoms with Crippen LogP contribution in [-0.4, -0.2) is 46.7 Å². The average molecular weight is 211 g/mol. The standard InChI is InChI=1S/C8H13N5O2/c1-10(2)8(9)12-5-4-11(3)7(12)6-13(14)15/h4-6,9H,1-3H3/b7-6+,9-8?. The Hall–Kier alpha value is -2.05. The predicted molar refractivity (Wildman–Crippen MR) is 55.2 cm³/mol. The second-order valence-corrected chi connectivity index (χ2v) is 3.27. The summed E-state index contributed by atoms with van der Waals surface area (Å²) in [7, 11) is 5.10. The van der Waals surface area contributed by atoms with Crippen molar-refractivity contribution in [3.8, 4) is 0 Å². The predicted octanol–water partition coefficient (Wildman–Crippen LogP) is 0.277. The molecule has 0 aromatic carbocycles. The van der Waals surface area contributed by atoms with Crippen LogP contribution in [0.4, 0.5) is 0 Å². The highest BCUT2D eigenvalue weighted by molar-refractivity contribution is 5.79. The number of nitrogens with one attached hydrogen (secondary N) is 1. The van der Waals surface area contributed by atoms with E-state index < -0.39 is 4.92 Å². The lowest BCUT2D eigenvalue weighted by Crippen LogP contribution is -2.36. The lowest BCUT2D eigenvalue weighted by Gasteiger charge is -2.24. The molecular weight excluding hydrogens is 198 g/mol. The van der Waals surface area contributed by atoms with Crippen LogP contribution in [0.1, 0.15) is 0 Å². The topological polar surface area (TPSA) is 76.7 Å². The zero-order valence-corrected chi connectivity index (χ0v) is 8.84. The maximum atomic E-state index is 10.4. The van der Waals surface area contributed by atoms with E-state index in [1.807, 2.05) is 0 Å². The highest BCUT2D eigenvalue weighted by Crippen LogP contribution is 2.18. The van der Waals surface area contributed by atoms with Gasteiger partial charge in [0.25, 0.3) is 6.20 Å². The molecule has 82 valence electrons. The monoisotopic (exact) mass is 211 g/mol. The lowest BCUT2D eigenvalue weighted by molar-refractivity contribution is -0.404. The molecule has 1 N–H and O–H groups in total. The Labute approximate surface area is 87.5 Å². The molecule has 0 atom stereocenters. The summed E-state index contributed by atoms with van der Waals surface area (Å²) in [5.41, 5.74) is 0. The molecule has 0 spiro atoms. The van der Waals surface area contributed by atoms with Gasteiger partial charge in [-0.15, -0.1) is 0 Å². The first-order valence-corrected chi connectivity index (χ1v) is 4.25. The highest BCUT2D eigenvalue weighted by atomic mass is 16.6. The number of rotatable bonds is 1. The van der Waals surface area contributed by atoms with Crippen LogP contribution >= 0.6 is 0 Å².